The van der Waals surface area contributed by atoms with Crippen LogP contribution in [-0.2, 0) is 19.2 Å². The molecule has 8 bridgehead atoms. The van der Waals surface area contributed by atoms with Crippen molar-refractivity contribution < 1.29 is 38.4 Å². The second-order valence-electron chi connectivity index (χ2n) is 31.7. The van der Waals surface area contributed by atoms with E-state index < -0.39 is 0 Å². The number of carbonyl (C=O) groups excluding carboxylic acids is 8. The number of aromatic amines is 2. The lowest BCUT2D eigenvalue weighted by atomic mass is 10.0. The van der Waals surface area contributed by atoms with Gasteiger partial charge in [0.1, 0.15) is 0 Å². The second kappa shape index (κ2) is 53.2. The van der Waals surface area contributed by atoms with Gasteiger partial charge in [0.15, 0.2) is 0 Å². The highest BCUT2D eigenvalue weighted by molar-refractivity contribution is 6.03. The van der Waals surface area contributed by atoms with Crippen LogP contribution in [0.5, 0.6) is 0 Å². The van der Waals surface area contributed by atoms with Crippen LogP contribution in [0.25, 0.3) is 90.9 Å². The summed E-state index contributed by atoms with van der Waals surface area (Å²) >= 11 is 0. The Morgan fingerprint density at radius 2 is 0.435 bits per heavy atom. The minimum absolute atomic E-state index is 0.0705. The Labute approximate surface area is 730 Å². The van der Waals surface area contributed by atoms with Gasteiger partial charge in [-0.1, -0.05) is 48.5 Å². The Kier molecular flexibility index (Phi) is 41.5. The molecule has 9 rings (SSSR count). The molecule has 0 aliphatic carbocycles. The van der Waals surface area contributed by atoms with Crippen molar-refractivity contribution in [2.75, 3.05) is 131 Å². The minimum Gasteiger partial charge on any atom is -0.354 e. The quantitative estimate of drug-likeness (QED) is 0.0157. The molecule has 0 unspecified atom stereocenters. The standard InChI is InChI=1S/C96H134N20O8/c97-49-5-13-61-113(65-17-53-101)85(117)21-1-9-57-105-93(121)73-33-25-69(26-34-73)89-77-41-43-79(109-77)90(70-27-35-74(36-28-70)94(122)106-58-10-2-22-86(118)114(66-18-54-102)62-14-6-50-98)81-45-47-83(111-81)92(72-31-39-76(40-32-72)96(124)108-60-12-4-24-88(120)116(68-20-56-104)64-16-8-52-100)84-48-46-82(112-84)91(80-44-42-78(89)110-80)71-29-37-75(38-30-71)95(123)107-59-11-3-23-87(119)115(67-19-55-103)63-15-7-51-99/h25-48,109,112H,1-24,49-68,97-104H2,(H,105,121)(H,106,122)(H,107,123)(H,108,124). The first-order valence-corrected chi connectivity index (χ1v) is 45.0. The third-order valence-corrected chi connectivity index (χ3v) is 22.4. The fraction of sp³-hybridized carbons (Fsp3) is 0.458. The molecule has 0 spiro atoms. The first kappa shape index (κ1) is 96.7. The number of hydrogen-bond donors (Lipinski definition) is 14. The average Bonchev–Trinajstić information content (AvgIpc) is 1.61. The van der Waals surface area contributed by atoms with Gasteiger partial charge in [-0.15, -0.1) is 0 Å². The molecule has 0 saturated carbocycles. The molecule has 0 fully saturated rings. The second-order valence-corrected chi connectivity index (χ2v) is 31.7. The zero-order valence-corrected chi connectivity index (χ0v) is 72.5. The molecule has 2 aliphatic heterocycles. The molecule has 28 heteroatoms. The molecule has 0 radical (unpaired) electrons. The summed E-state index contributed by atoms with van der Waals surface area (Å²) in [7, 11) is 0. The summed E-state index contributed by atoms with van der Waals surface area (Å²) in [4.78, 5) is 135. The SMILES string of the molecule is NCCCCN(CCCN)C(=O)CCCCNC(=O)c1ccc(-c2c3nc(c(-c4ccc(C(=O)NCCCCC(=O)N(CCCN)CCCCN)cc4)c4ccc([nH]4)c(-c4ccc(C(=O)NCCCCC(=O)N(CCCN)CCCCN)cc4)c4nc(c(-c5ccc(C(=O)NCCCCC(=O)N(CCCN)CCCCN)cc5)c5ccc2[nH]5)C=C4)C=C3)cc1. The molecule has 8 amide bonds. The lowest BCUT2D eigenvalue weighted by molar-refractivity contribution is -0.132. The summed E-state index contributed by atoms with van der Waals surface area (Å²) < 4.78 is 0. The molecule has 22 N–H and O–H groups in total. The summed E-state index contributed by atoms with van der Waals surface area (Å²) in [6.45, 7) is 10.7. The number of aromatic nitrogens is 4. The number of hydrogen-bond acceptors (Lipinski definition) is 18. The van der Waals surface area contributed by atoms with E-state index in [0.717, 1.165) is 99.3 Å². The van der Waals surface area contributed by atoms with Crippen LogP contribution >= 0.6 is 0 Å². The number of carbonyl (C=O) groups is 8. The van der Waals surface area contributed by atoms with E-state index in [-0.39, 0.29) is 47.3 Å². The van der Waals surface area contributed by atoms with Crippen LogP contribution in [-0.4, -0.2) is 218 Å². The molecule has 0 atom stereocenters. The van der Waals surface area contributed by atoms with E-state index >= 15 is 0 Å². The zero-order chi connectivity index (χ0) is 88.2. The van der Waals surface area contributed by atoms with Crippen molar-refractivity contribution in [3.05, 3.63) is 166 Å². The monoisotopic (exact) mass is 1700 g/mol. The number of nitrogens with two attached hydrogens (primary N) is 8. The third-order valence-electron chi connectivity index (χ3n) is 22.4. The van der Waals surface area contributed by atoms with E-state index in [1.54, 1.807) is 48.5 Å². The number of H-pyrrole nitrogens is 2. The molecule has 4 aromatic carbocycles. The molecule has 28 nitrogen and oxygen atoms in total. The van der Waals surface area contributed by atoms with Gasteiger partial charge in [-0.05, 0) is 300 Å². The van der Waals surface area contributed by atoms with Crippen molar-refractivity contribution in [2.45, 2.75) is 154 Å². The van der Waals surface area contributed by atoms with Crippen molar-refractivity contribution in [2.24, 2.45) is 45.9 Å². The Hall–Kier alpha value is -11.1. The maximum Gasteiger partial charge on any atom is 0.251 e. The molecular formula is C96H134N20O8. The van der Waals surface area contributed by atoms with E-state index in [2.05, 4.69) is 31.2 Å². The van der Waals surface area contributed by atoms with Gasteiger partial charge in [0.05, 0.1) is 22.8 Å². The van der Waals surface area contributed by atoms with E-state index in [9.17, 15) is 38.4 Å². The summed E-state index contributed by atoms with van der Waals surface area (Å²) in [6.07, 6.45) is 23.7. The predicted molar refractivity (Wildman–Crippen MR) is 499 cm³/mol. The Morgan fingerprint density at radius 3 is 0.629 bits per heavy atom. The van der Waals surface area contributed by atoms with Crippen molar-refractivity contribution in [1.82, 2.24) is 60.8 Å². The topological polar surface area (TPSA) is 463 Å². The third kappa shape index (κ3) is 29.6. The lowest BCUT2D eigenvalue weighted by Gasteiger charge is -2.22. The van der Waals surface area contributed by atoms with E-state index in [1.165, 1.54) is 0 Å². The minimum atomic E-state index is -0.259. The molecule has 0 saturated heterocycles. The Balaban J connectivity index is 1.09. The van der Waals surface area contributed by atoms with E-state index in [4.69, 9.17) is 55.8 Å². The fourth-order valence-corrected chi connectivity index (χ4v) is 15.4. The van der Waals surface area contributed by atoms with Crippen molar-refractivity contribution in [3.8, 4) is 44.5 Å². The van der Waals surface area contributed by atoms with E-state index in [0.29, 0.717) is 297 Å². The highest BCUT2D eigenvalue weighted by Crippen LogP contribution is 2.39. The normalized spacial score (nSPS) is 11.5. The number of nitrogens with zero attached hydrogens (tertiary/aromatic N) is 6. The van der Waals surface area contributed by atoms with Gasteiger partial charge in [-0.3, -0.25) is 38.4 Å². The van der Waals surface area contributed by atoms with Crippen LogP contribution in [0.4, 0.5) is 0 Å². The molecule has 2 aliphatic rings. The van der Waals surface area contributed by atoms with Crippen LogP contribution in [0.3, 0.4) is 0 Å². The van der Waals surface area contributed by atoms with Gasteiger partial charge < -0.3 is 96.7 Å². The number of nitrogens with one attached hydrogen (secondary N) is 6. The lowest BCUT2D eigenvalue weighted by Crippen LogP contribution is -2.34. The number of benzene rings is 4. The smallest absolute Gasteiger partial charge is 0.251 e. The highest BCUT2D eigenvalue weighted by Gasteiger charge is 2.24. The molecule has 7 aromatic rings. The maximum atomic E-state index is 14.0. The van der Waals surface area contributed by atoms with Crippen LogP contribution < -0.4 is 67.1 Å². The summed E-state index contributed by atoms with van der Waals surface area (Å²) in [5.41, 5.74) is 59.0. The summed E-state index contributed by atoms with van der Waals surface area (Å²) in [6, 6.07) is 37.6. The number of amides is 8. The zero-order valence-electron chi connectivity index (χ0n) is 72.5. The van der Waals surface area contributed by atoms with Gasteiger partial charge in [-0.25, -0.2) is 9.97 Å². The number of unbranched alkanes of at least 4 members (excludes halogenated alkanes) is 8. The molecule has 3 aromatic heterocycles. The van der Waals surface area contributed by atoms with Gasteiger partial charge in [-0.2, -0.15) is 0 Å². The van der Waals surface area contributed by atoms with Crippen molar-refractivity contribution >= 4 is 93.6 Å². The molecular weight excluding hydrogens is 1560 g/mol. The van der Waals surface area contributed by atoms with Crippen LogP contribution in [0.15, 0.2) is 121 Å². The Morgan fingerprint density at radius 1 is 0.242 bits per heavy atom. The van der Waals surface area contributed by atoms with Gasteiger partial charge in [0.2, 0.25) is 23.6 Å². The fourth-order valence-electron chi connectivity index (χ4n) is 15.4. The predicted octanol–water partition coefficient (Wildman–Crippen LogP) is 10.6. The first-order valence-electron chi connectivity index (χ1n) is 45.0. The summed E-state index contributed by atoms with van der Waals surface area (Å²) in [5, 5.41) is 12.3. The largest absolute Gasteiger partial charge is 0.354 e. The maximum absolute atomic E-state index is 14.0. The van der Waals surface area contributed by atoms with Crippen LogP contribution in [0, 0.1) is 0 Å². The molecule has 124 heavy (non-hydrogen) atoms. The van der Waals surface area contributed by atoms with Gasteiger partial charge >= 0.3 is 0 Å². The van der Waals surface area contributed by atoms with Crippen molar-refractivity contribution in [1.29, 1.82) is 0 Å². The average molecular weight is 1700 g/mol. The molecule has 5 heterocycles. The number of rotatable bonds is 56. The van der Waals surface area contributed by atoms with Gasteiger partial charge in [0.25, 0.3) is 23.6 Å². The highest BCUT2D eigenvalue weighted by atomic mass is 16.2. The molecule has 666 valence electrons. The first-order chi connectivity index (χ1) is 60.5. The van der Waals surface area contributed by atoms with Crippen LogP contribution in [0.1, 0.15) is 218 Å². The van der Waals surface area contributed by atoms with Crippen LogP contribution in [0.2, 0.25) is 0 Å². The van der Waals surface area contributed by atoms with E-state index in [1.807, 2.05) is 117 Å². The number of fused-ring (bicyclic) bond motifs is 8. The van der Waals surface area contributed by atoms with Crippen molar-refractivity contribution in [3.63, 3.8) is 0 Å². The van der Waals surface area contributed by atoms with Gasteiger partial charge in [0, 0.05) is 171 Å². The Bertz CT molecular complexity index is 4220. The summed E-state index contributed by atoms with van der Waals surface area (Å²) in [5.74, 6) is -0.754.